The second-order valence-corrected chi connectivity index (χ2v) is 4.66. The highest BCUT2D eigenvalue weighted by Gasteiger charge is 2.28. The second-order valence-electron chi connectivity index (χ2n) is 4.22. The van der Waals surface area contributed by atoms with E-state index in [1.165, 1.54) is 0 Å². The third kappa shape index (κ3) is 3.53. The molecule has 1 saturated carbocycles. The molecule has 0 heterocycles. The molecular weight excluding hydrogens is 238 g/mol. The van der Waals surface area contributed by atoms with Crippen molar-refractivity contribution in [3.05, 3.63) is 23.2 Å². The number of rotatable bonds is 5. The number of amides is 1. The van der Waals surface area contributed by atoms with E-state index in [1.54, 1.807) is 12.1 Å². The second kappa shape index (κ2) is 5.27. The average Bonchev–Trinajstić information content (AvgIpc) is 3.10. The molecule has 1 aliphatic rings. The summed E-state index contributed by atoms with van der Waals surface area (Å²) in [4.78, 5) is 11.3. The maximum atomic E-state index is 11.3. The summed E-state index contributed by atoms with van der Waals surface area (Å²) in [6.07, 6.45) is 2.06. The Morgan fingerprint density at radius 1 is 1.41 bits per heavy atom. The summed E-state index contributed by atoms with van der Waals surface area (Å²) < 4.78 is 0. The minimum absolute atomic E-state index is 0.163. The lowest BCUT2D eigenvalue weighted by Crippen LogP contribution is -2.29. The minimum atomic E-state index is 0.163. The highest BCUT2D eigenvalue weighted by molar-refractivity contribution is 6.31. The third-order valence-corrected chi connectivity index (χ3v) is 2.94. The number of benzene rings is 1. The Balaban J connectivity index is 1.72. The standard InChI is InChI=1S/C12H16ClN3O/c13-9-3-4-11(10(14)7-9)15-5-6-16-12(17)8-1-2-8/h3-4,7-8,15H,1-2,5-6,14H2,(H,16,17). The van der Waals surface area contributed by atoms with Gasteiger partial charge in [0.15, 0.2) is 0 Å². The molecular formula is C12H16ClN3O. The molecule has 0 atom stereocenters. The molecule has 0 saturated heterocycles. The molecule has 1 aromatic carbocycles. The molecule has 2 rings (SSSR count). The molecule has 17 heavy (non-hydrogen) atoms. The van der Waals surface area contributed by atoms with Crippen LogP contribution in [0.15, 0.2) is 18.2 Å². The van der Waals surface area contributed by atoms with Crippen LogP contribution < -0.4 is 16.4 Å². The number of anilines is 2. The number of nitrogens with one attached hydrogen (secondary N) is 2. The first-order chi connectivity index (χ1) is 8.16. The number of nitrogens with two attached hydrogens (primary N) is 1. The summed E-state index contributed by atoms with van der Waals surface area (Å²) in [5.41, 5.74) is 7.25. The van der Waals surface area contributed by atoms with Gasteiger partial charge in [-0.3, -0.25) is 4.79 Å². The highest BCUT2D eigenvalue weighted by atomic mass is 35.5. The zero-order valence-electron chi connectivity index (χ0n) is 9.50. The SMILES string of the molecule is Nc1cc(Cl)ccc1NCCNC(=O)C1CC1. The normalized spacial score (nSPS) is 14.4. The van der Waals surface area contributed by atoms with Crippen LogP contribution in [0.1, 0.15) is 12.8 Å². The van der Waals surface area contributed by atoms with Crippen molar-refractivity contribution >= 4 is 28.9 Å². The molecule has 92 valence electrons. The van der Waals surface area contributed by atoms with E-state index in [9.17, 15) is 4.79 Å². The summed E-state index contributed by atoms with van der Waals surface area (Å²) in [6.45, 7) is 1.27. The largest absolute Gasteiger partial charge is 0.397 e. The van der Waals surface area contributed by atoms with Crippen LogP contribution in [0.2, 0.25) is 5.02 Å². The number of carbonyl (C=O) groups is 1. The number of carbonyl (C=O) groups excluding carboxylic acids is 1. The van der Waals surface area contributed by atoms with Crippen molar-refractivity contribution in [2.45, 2.75) is 12.8 Å². The van der Waals surface area contributed by atoms with Gasteiger partial charge < -0.3 is 16.4 Å². The molecule has 5 heteroatoms. The zero-order valence-corrected chi connectivity index (χ0v) is 10.3. The molecule has 1 fully saturated rings. The van der Waals surface area contributed by atoms with E-state index in [1.807, 2.05) is 6.07 Å². The van der Waals surface area contributed by atoms with Crippen molar-refractivity contribution in [3.8, 4) is 0 Å². The van der Waals surface area contributed by atoms with E-state index >= 15 is 0 Å². The summed E-state index contributed by atoms with van der Waals surface area (Å²) >= 11 is 5.80. The molecule has 0 aliphatic heterocycles. The number of hydrogen-bond donors (Lipinski definition) is 3. The average molecular weight is 254 g/mol. The Morgan fingerprint density at radius 3 is 2.82 bits per heavy atom. The van der Waals surface area contributed by atoms with Gasteiger partial charge in [-0.15, -0.1) is 0 Å². The molecule has 4 nitrogen and oxygen atoms in total. The Bertz CT molecular complexity index is 418. The van der Waals surface area contributed by atoms with Gasteiger partial charge in [0.25, 0.3) is 0 Å². The monoisotopic (exact) mass is 253 g/mol. The van der Waals surface area contributed by atoms with Gasteiger partial charge in [-0.1, -0.05) is 11.6 Å². The minimum Gasteiger partial charge on any atom is -0.397 e. The maximum absolute atomic E-state index is 11.3. The van der Waals surface area contributed by atoms with Crippen molar-refractivity contribution in [3.63, 3.8) is 0 Å². The van der Waals surface area contributed by atoms with Crippen LogP contribution in [-0.2, 0) is 4.79 Å². The summed E-state index contributed by atoms with van der Waals surface area (Å²) in [5, 5.41) is 6.65. The number of halogens is 1. The molecule has 0 aromatic heterocycles. The van der Waals surface area contributed by atoms with Gasteiger partial charge in [0.1, 0.15) is 0 Å². The molecule has 1 aliphatic carbocycles. The van der Waals surface area contributed by atoms with Crippen LogP contribution in [-0.4, -0.2) is 19.0 Å². The van der Waals surface area contributed by atoms with Crippen LogP contribution in [0.25, 0.3) is 0 Å². The zero-order chi connectivity index (χ0) is 12.3. The van der Waals surface area contributed by atoms with Gasteiger partial charge in [0.05, 0.1) is 11.4 Å². The fourth-order valence-electron chi connectivity index (χ4n) is 1.57. The van der Waals surface area contributed by atoms with Crippen LogP contribution in [0, 0.1) is 5.92 Å². The van der Waals surface area contributed by atoms with Crippen molar-refractivity contribution in [1.82, 2.24) is 5.32 Å². The van der Waals surface area contributed by atoms with E-state index in [4.69, 9.17) is 17.3 Å². The first kappa shape index (κ1) is 12.0. The predicted molar refractivity (Wildman–Crippen MR) is 70.1 cm³/mol. The number of nitrogen functional groups attached to an aromatic ring is 1. The summed E-state index contributed by atoms with van der Waals surface area (Å²) in [7, 11) is 0. The summed E-state index contributed by atoms with van der Waals surface area (Å²) in [6, 6.07) is 5.32. The first-order valence-corrected chi connectivity index (χ1v) is 6.11. The Kier molecular flexibility index (Phi) is 3.74. The van der Waals surface area contributed by atoms with Gasteiger partial charge >= 0.3 is 0 Å². The first-order valence-electron chi connectivity index (χ1n) is 5.73. The van der Waals surface area contributed by atoms with Crippen molar-refractivity contribution < 1.29 is 4.79 Å². The van der Waals surface area contributed by atoms with Crippen molar-refractivity contribution in [2.75, 3.05) is 24.1 Å². The smallest absolute Gasteiger partial charge is 0.223 e. The molecule has 0 spiro atoms. The van der Waals surface area contributed by atoms with E-state index in [2.05, 4.69) is 10.6 Å². The Hall–Kier alpha value is -1.42. The van der Waals surface area contributed by atoms with Gasteiger partial charge in [0.2, 0.25) is 5.91 Å². The fraction of sp³-hybridized carbons (Fsp3) is 0.417. The van der Waals surface area contributed by atoms with Crippen molar-refractivity contribution in [2.24, 2.45) is 5.92 Å². The maximum Gasteiger partial charge on any atom is 0.223 e. The molecule has 1 amide bonds. The van der Waals surface area contributed by atoms with E-state index in [0.717, 1.165) is 18.5 Å². The third-order valence-electron chi connectivity index (χ3n) is 2.70. The molecule has 0 bridgehead atoms. The Labute approximate surface area is 106 Å². The lowest BCUT2D eigenvalue weighted by molar-refractivity contribution is -0.122. The quantitative estimate of drug-likeness (QED) is 0.554. The topological polar surface area (TPSA) is 67.2 Å². The highest BCUT2D eigenvalue weighted by Crippen LogP contribution is 2.28. The van der Waals surface area contributed by atoms with Crippen molar-refractivity contribution in [1.29, 1.82) is 0 Å². The lowest BCUT2D eigenvalue weighted by Gasteiger charge is -2.10. The number of hydrogen-bond acceptors (Lipinski definition) is 3. The van der Waals surface area contributed by atoms with E-state index < -0.39 is 0 Å². The van der Waals surface area contributed by atoms with Gasteiger partial charge in [-0.05, 0) is 31.0 Å². The van der Waals surface area contributed by atoms with Gasteiger partial charge in [-0.2, -0.15) is 0 Å². The van der Waals surface area contributed by atoms with Gasteiger partial charge in [0, 0.05) is 24.0 Å². The van der Waals surface area contributed by atoms with Crippen LogP contribution in [0.3, 0.4) is 0 Å². The molecule has 4 N–H and O–H groups in total. The molecule has 1 aromatic rings. The van der Waals surface area contributed by atoms with E-state index in [0.29, 0.717) is 23.8 Å². The van der Waals surface area contributed by atoms with Crippen LogP contribution >= 0.6 is 11.6 Å². The predicted octanol–water partition coefficient (Wildman–Crippen LogP) is 1.86. The summed E-state index contributed by atoms with van der Waals surface area (Å²) in [5.74, 6) is 0.423. The van der Waals surface area contributed by atoms with Crippen LogP contribution in [0.4, 0.5) is 11.4 Å². The fourth-order valence-corrected chi connectivity index (χ4v) is 1.75. The molecule has 0 unspecified atom stereocenters. The van der Waals surface area contributed by atoms with E-state index in [-0.39, 0.29) is 11.8 Å². The Morgan fingerprint density at radius 2 is 2.18 bits per heavy atom. The lowest BCUT2D eigenvalue weighted by atomic mass is 10.2. The molecule has 0 radical (unpaired) electrons. The van der Waals surface area contributed by atoms with Gasteiger partial charge in [-0.25, -0.2) is 0 Å². The van der Waals surface area contributed by atoms with Crippen LogP contribution in [0.5, 0.6) is 0 Å².